The molecule has 0 bridgehead atoms. The van der Waals surface area contributed by atoms with Crippen LogP contribution in [0.15, 0.2) is 0 Å². The van der Waals surface area contributed by atoms with Crippen LogP contribution in [0, 0.1) is 17.8 Å². The second kappa shape index (κ2) is 8.84. The zero-order valence-corrected chi connectivity index (χ0v) is 13.8. The second-order valence-corrected chi connectivity index (χ2v) is 6.94. The number of hydrogen-bond donors (Lipinski definition) is 1. The molecule has 0 aliphatic rings. The van der Waals surface area contributed by atoms with Crippen LogP contribution < -0.4 is 0 Å². The first-order chi connectivity index (χ1) is 8.25. The summed E-state index contributed by atoms with van der Waals surface area (Å²) in [5, 5.41) is -0.163. The molecule has 3 heteroatoms. The number of amides is 1. The van der Waals surface area contributed by atoms with Gasteiger partial charge in [0.15, 0.2) is 0 Å². The minimum Gasteiger partial charge on any atom is -0.342 e. The molecule has 108 valence electrons. The van der Waals surface area contributed by atoms with Gasteiger partial charge in [-0.1, -0.05) is 41.5 Å². The minimum atomic E-state index is -0.163. The van der Waals surface area contributed by atoms with Crippen molar-refractivity contribution in [2.24, 2.45) is 17.8 Å². The van der Waals surface area contributed by atoms with E-state index < -0.39 is 0 Å². The van der Waals surface area contributed by atoms with E-state index in [2.05, 4.69) is 54.2 Å². The van der Waals surface area contributed by atoms with Crippen LogP contribution in [0.1, 0.15) is 54.4 Å². The highest BCUT2D eigenvalue weighted by Crippen LogP contribution is 2.15. The first-order valence-electron chi connectivity index (χ1n) is 7.22. The van der Waals surface area contributed by atoms with E-state index in [4.69, 9.17) is 0 Å². The van der Waals surface area contributed by atoms with Gasteiger partial charge in [-0.25, -0.2) is 0 Å². The highest BCUT2D eigenvalue weighted by molar-refractivity contribution is 7.81. The fourth-order valence-electron chi connectivity index (χ4n) is 1.63. The zero-order valence-electron chi connectivity index (χ0n) is 12.9. The Labute approximate surface area is 119 Å². The average molecular weight is 273 g/mol. The van der Waals surface area contributed by atoms with Crippen molar-refractivity contribution in [3.63, 3.8) is 0 Å². The molecule has 0 radical (unpaired) electrons. The Bertz CT molecular complexity index is 227. The maximum Gasteiger partial charge on any atom is 0.235 e. The van der Waals surface area contributed by atoms with Crippen LogP contribution in [0.25, 0.3) is 0 Å². The lowest BCUT2D eigenvalue weighted by Gasteiger charge is -2.28. The standard InChI is InChI=1S/C15H31NOS/c1-11(2)7-9-16(10-8-12(3)4)15(17)14(18)13(5)6/h11-14,18H,7-10H2,1-6H3. The van der Waals surface area contributed by atoms with Gasteiger partial charge < -0.3 is 4.90 Å². The number of thiol groups is 1. The highest BCUT2D eigenvalue weighted by Gasteiger charge is 2.23. The van der Waals surface area contributed by atoms with Crippen molar-refractivity contribution in [1.29, 1.82) is 0 Å². The Hall–Kier alpha value is -0.180. The Kier molecular flexibility index (Phi) is 8.75. The van der Waals surface area contributed by atoms with E-state index >= 15 is 0 Å². The number of carbonyl (C=O) groups is 1. The van der Waals surface area contributed by atoms with E-state index in [1.54, 1.807) is 0 Å². The Morgan fingerprint density at radius 1 is 0.944 bits per heavy atom. The molecule has 0 aromatic rings. The third kappa shape index (κ3) is 7.30. The van der Waals surface area contributed by atoms with Crippen molar-refractivity contribution in [2.45, 2.75) is 59.6 Å². The van der Waals surface area contributed by atoms with Gasteiger partial charge >= 0.3 is 0 Å². The molecule has 0 aromatic carbocycles. The summed E-state index contributed by atoms with van der Waals surface area (Å²) in [5.74, 6) is 1.77. The van der Waals surface area contributed by atoms with Crippen LogP contribution in [-0.4, -0.2) is 29.1 Å². The van der Waals surface area contributed by atoms with E-state index in [1.807, 2.05) is 4.90 Å². The molecular formula is C15H31NOS. The summed E-state index contributed by atoms with van der Waals surface area (Å²) in [6.45, 7) is 14.6. The number of carbonyl (C=O) groups excluding carboxylic acids is 1. The van der Waals surface area contributed by atoms with Crippen LogP contribution in [0.3, 0.4) is 0 Å². The van der Waals surface area contributed by atoms with Crippen LogP contribution in [-0.2, 0) is 4.79 Å². The molecule has 1 atom stereocenters. The molecule has 0 fully saturated rings. The third-order valence-corrected chi connectivity index (χ3v) is 3.97. The predicted molar refractivity (Wildman–Crippen MR) is 83.1 cm³/mol. The topological polar surface area (TPSA) is 20.3 Å². The second-order valence-electron chi connectivity index (χ2n) is 6.38. The van der Waals surface area contributed by atoms with Crippen molar-refractivity contribution in [2.75, 3.05) is 13.1 Å². The lowest BCUT2D eigenvalue weighted by molar-refractivity contribution is -0.131. The average Bonchev–Trinajstić information content (AvgIpc) is 2.26. The van der Waals surface area contributed by atoms with E-state index in [1.165, 1.54) is 0 Å². The summed E-state index contributed by atoms with van der Waals surface area (Å²) in [6.07, 6.45) is 2.14. The molecule has 0 aliphatic heterocycles. The SMILES string of the molecule is CC(C)CCN(CCC(C)C)C(=O)C(S)C(C)C. The van der Waals surface area contributed by atoms with Crippen molar-refractivity contribution >= 4 is 18.5 Å². The van der Waals surface area contributed by atoms with Gasteiger partial charge in [-0.2, -0.15) is 12.6 Å². The Morgan fingerprint density at radius 2 is 1.33 bits per heavy atom. The van der Waals surface area contributed by atoms with Gasteiger partial charge in [0, 0.05) is 13.1 Å². The van der Waals surface area contributed by atoms with Crippen molar-refractivity contribution in [3.8, 4) is 0 Å². The molecule has 0 aliphatic carbocycles. The fourth-order valence-corrected chi connectivity index (χ4v) is 1.80. The first-order valence-corrected chi connectivity index (χ1v) is 7.74. The molecule has 0 aromatic heterocycles. The summed E-state index contributed by atoms with van der Waals surface area (Å²) in [4.78, 5) is 14.4. The van der Waals surface area contributed by atoms with Crippen LogP contribution in [0.4, 0.5) is 0 Å². The van der Waals surface area contributed by atoms with E-state index in [0.29, 0.717) is 17.8 Å². The zero-order chi connectivity index (χ0) is 14.3. The van der Waals surface area contributed by atoms with Crippen molar-refractivity contribution in [3.05, 3.63) is 0 Å². The molecule has 18 heavy (non-hydrogen) atoms. The van der Waals surface area contributed by atoms with Gasteiger partial charge in [0.2, 0.25) is 5.91 Å². The maximum atomic E-state index is 12.4. The summed E-state index contributed by atoms with van der Waals surface area (Å²) in [7, 11) is 0. The van der Waals surface area contributed by atoms with Gasteiger partial charge in [0.05, 0.1) is 5.25 Å². The number of rotatable bonds is 8. The molecular weight excluding hydrogens is 242 g/mol. The summed E-state index contributed by atoms with van der Waals surface area (Å²) >= 11 is 4.46. The fraction of sp³-hybridized carbons (Fsp3) is 0.933. The molecule has 0 saturated carbocycles. The largest absolute Gasteiger partial charge is 0.342 e. The number of nitrogens with zero attached hydrogens (tertiary/aromatic N) is 1. The predicted octanol–water partition coefficient (Wildman–Crippen LogP) is 3.86. The summed E-state index contributed by atoms with van der Waals surface area (Å²) < 4.78 is 0. The van der Waals surface area contributed by atoms with E-state index in [-0.39, 0.29) is 11.2 Å². The first kappa shape index (κ1) is 17.8. The van der Waals surface area contributed by atoms with Gasteiger partial charge in [0.25, 0.3) is 0 Å². The maximum absolute atomic E-state index is 12.4. The quantitative estimate of drug-likeness (QED) is 0.666. The summed E-state index contributed by atoms with van der Waals surface area (Å²) in [6, 6.07) is 0. The smallest absolute Gasteiger partial charge is 0.235 e. The molecule has 0 spiro atoms. The Morgan fingerprint density at radius 3 is 1.61 bits per heavy atom. The van der Waals surface area contributed by atoms with Gasteiger partial charge in [-0.3, -0.25) is 4.79 Å². The molecule has 1 unspecified atom stereocenters. The van der Waals surface area contributed by atoms with Crippen LogP contribution >= 0.6 is 12.6 Å². The van der Waals surface area contributed by atoms with Gasteiger partial charge in [-0.15, -0.1) is 0 Å². The van der Waals surface area contributed by atoms with Gasteiger partial charge in [0.1, 0.15) is 0 Å². The normalized spacial score (nSPS) is 13.4. The van der Waals surface area contributed by atoms with E-state index in [0.717, 1.165) is 25.9 Å². The van der Waals surface area contributed by atoms with E-state index in [9.17, 15) is 4.79 Å². The highest BCUT2D eigenvalue weighted by atomic mass is 32.1. The van der Waals surface area contributed by atoms with Crippen LogP contribution in [0.2, 0.25) is 0 Å². The Balaban J connectivity index is 4.48. The molecule has 0 heterocycles. The third-order valence-electron chi connectivity index (χ3n) is 3.15. The van der Waals surface area contributed by atoms with Crippen molar-refractivity contribution in [1.82, 2.24) is 4.90 Å². The summed E-state index contributed by atoms with van der Waals surface area (Å²) in [5.41, 5.74) is 0. The molecule has 1 amide bonds. The van der Waals surface area contributed by atoms with Crippen LogP contribution in [0.5, 0.6) is 0 Å². The molecule has 0 N–H and O–H groups in total. The van der Waals surface area contributed by atoms with Crippen molar-refractivity contribution < 1.29 is 4.79 Å². The number of hydrogen-bond acceptors (Lipinski definition) is 2. The monoisotopic (exact) mass is 273 g/mol. The van der Waals surface area contributed by atoms with Gasteiger partial charge in [-0.05, 0) is 30.6 Å². The molecule has 2 nitrogen and oxygen atoms in total. The lowest BCUT2D eigenvalue weighted by atomic mass is 10.1. The minimum absolute atomic E-state index is 0.163. The molecule has 0 saturated heterocycles. The molecule has 0 rings (SSSR count). The lowest BCUT2D eigenvalue weighted by Crippen LogP contribution is -2.40.